The number of aromatic nitrogens is 4. The van der Waals surface area contributed by atoms with Crippen LogP contribution >= 0.6 is 0 Å². The highest BCUT2D eigenvalue weighted by atomic mass is 19.1. The van der Waals surface area contributed by atoms with Gasteiger partial charge in [-0.25, -0.2) is 13.8 Å². The first-order valence-electron chi connectivity index (χ1n) is 9.34. The molecule has 0 bridgehead atoms. The Labute approximate surface area is 171 Å². The van der Waals surface area contributed by atoms with Crippen LogP contribution in [-0.4, -0.2) is 25.7 Å². The first kappa shape index (κ1) is 19.5. The molecule has 1 atom stereocenters. The minimum Gasteiger partial charge on any atom is -0.345 e. The van der Waals surface area contributed by atoms with Crippen molar-refractivity contribution in [1.29, 1.82) is 0 Å². The average Bonchev–Trinajstić information content (AvgIpc) is 3.37. The molecule has 0 saturated carbocycles. The van der Waals surface area contributed by atoms with Gasteiger partial charge < -0.3 is 9.88 Å². The second kappa shape index (κ2) is 7.90. The van der Waals surface area contributed by atoms with Gasteiger partial charge in [-0.2, -0.15) is 5.10 Å². The monoisotopic (exact) mass is 407 g/mol. The van der Waals surface area contributed by atoms with E-state index in [0.29, 0.717) is 17.1 Å². The summed E-state index contributed by atoms with van der Waals surface area (Å²) in [5.74, 6) is -0.658. The number of H-pyrrole nitrogens is 1. The highest BCUT2D eigenvalue weighted by Crippen LogP contribution is 2.25. The number of nitrogens with one attached hydrogen (secondary N) is 2. The largest absolute Gasteiger partial charge is 0.345 e. The summed E-state index contributed by atoms with van der Waals surface area (Å²) < 4.78 is 30.4. The van der Waals surface area contributed by atoms with Crippen LogP contribution in [0, 0.1) is 18.6 Å². The van der Waals surface area contributed by atoms with E-state index < -0.39 is 23.6 Å². The van der Waals surface area contributed by atoms with Gasteiger partial charge in [-0.05, 0) is 43.7 Å². The van der Waals surface area contributed by atoms with Crippen molar-refractivity contribution in [2.45, 2.75) is 19.9 Å². The molecule has 1 unspecified atom stereocenters. The molecule has 2 heterocycles. The van der Waals surface area contributed by atoms with Crippen molar-refractivity contribution in [2.75, 3.05) is 0 Å². The number of hydrogen-bond acceptors (Lipinski definition) is 3. The standard InChI is InChI=1S/C22H19F2N5O/c1-13(15-7-8-20(19(24)11-15)29-10-9-25-14(29)2)27-22(30)17-12-26-28-21(17)16-5-3-4-6-18(16)23/h3-13H,1-2H3,(H,26,28)(H,27,30). The van der Waals surface area contributed by atoms with Crippen molar-refractivity contribution in [3.63, 3.8) is 0 Å². The zero-order chi connectivity index (χ0) is 21.3. The number of carbonyl (C=O) groups is 1. The lowest BCUT2D eigenvalue weighted by atomic mass is 10.0. The molecule has 2 aromatic heterocycles. The van der Waals surface area contributed by atoms with Gasteiger partial charge in [0.25, 0.3) is 5.91 Å². The Morgan fingerprint density at radius 3 is 2.67 bits per heavy atom. The van der Waals surface area contributed by atoms with Crippen LogP contribution in [0.3, 0.4) is 0 Å². The molecule has 152 valence electrons. The van der Waals surface area contributed by atoms with Crippen molar-refractivity contribution in [3.05, 3.63) is 89.6 Å². The van der Waals surface area contributed by atoms with E-state index in [1.807, 2.05) is 0 Å². The number of aromatic amines is 1. The molecule has 4 rings (SSSR count). The predicted octanol–water partition coefficient (Wildman–Crippen LogP) is 4.34. The van der Waals surface area contributed by atoms with E-state index in [2.05, 4.69) is 20.5 Å². The third-order valence-electron chi connectivity index (χ3n) is 4.93. The molecule has 0 aliphatic rings. The number of rotatable bonds is 5. The zero-order valence-electron chi connectivity index (χ0n) is 16.4. The predicted molar refractivity (Wildman–Crippen MR) is 108 cm³/mol. The highest BCUT2D eigenvalue weighted by Gasteiger charge is 2.20. The third kappa shape index (κ3) is 3.59. The van der Waals surface area contributed by atoms with E-state index >= 15 is 0 Å². The normalized spacial score (nSPS) is 12.0. The van der Waals surface area contributed by atoms with Crippen molar-refractivity contribution in [2.24, 2.45) is 0 Å². The van der Waals surface area contributed by atoms with Gasteiger partial charge in [-0.3, -0.25) is 9.89 Å². The molecular weight excluding hydrogens is 388 g/mol. The fourth-order valence-electron chi connectivity index (χ4n) is 3.31. The molecule has 0 aliphatic heterocycles. The molecule has 2 N–H and O–H groups in total. The maximum Gasteiger partial charge on any atom is 0.255 e. The molecule has 0 spiro atoms. The van der Waals surface area contributed by atoms with Gasteiger partial charge in [0.2, 0.25) is 0 Å². The fraction of sp³-hybridized carbons (Fsp3) is 0.136. The summed E-state index contributed by atoms with van der Waals surface area (Å²) >= 11 is 0. The Kier molecular flexibility index (Phi) is 5.14. The maximum absolute atomic E-state index is 14.7. The third-order valence-corrected chi connectivity index (χ3v) is 4.93. The number of nitrogens with zero attached hydrogens (tertiary/aromatic N) is 3. The van der Waals surface area contributed by atoms with Crippen LogP contribution in [0.2, 0.25) is 0 Å². The lowest BCUT2D eigenvalue weighted by Gasteiger charge is -2.16. The number of imidazole rings is 1. The summed E-state index contributed by atoms with van der Waals surface area (Å²) in [6.07, 6.45) is 4.63. The Balaban J connectivity index is 1.55. The Hall–Kier alpha value is -3.81. The van der Waals surface area contributed by atoms with Crippen LogP contribution in [-0.2, 0) is 0 Å². The average molecular weight is 407 g/mol. The van der Waals surface area contributed by atoms with E-state index in [0.717, 1.165) is 0 Å². The quantitative estimate of drug-likeness (QED) is 0.517. The lowest BCUT2D eigenvalue weighted by molar-refractivity contribution is 0.0940. The second-order valence-corrected chi connectivity index (χ2v) is 6.89. The molecule has 4 aromatic rings. The summed E-state index contributed by atoms with van der Waals surface area (Å²) in [5.41, 5.74) is 1.72. The van der Waals surface area contributed by atoms with Crippen LogP contribution in [0.4, 0.5) is 8.78 Å². The number of halogens is 2. The molecule has 30 heavy (non-hydrogen) atoms. The summed E-state index contributed by atoms with van der Waals surface area (Å²) in [5, 5.41) is 9.37. The van der Waals surface area contributed by atoms with Crippen molar-refractivity contribution in [1.82, 2.24) is 25.1 Å². The number of carbonyl (C=O) groups excluding carboxylic acids is 1. The van der Waals surface area contributed by atoms with E-state index in [-0.39, 0.29) is 16.8 Å². The summed E-state index contributed by atoms with van der Waals surface area (Å²) in [6.45, 7) is 3.53. The van der Waals surface area contributed by atoms with Gasteiger partial charge in [0.05, 0.1) is 29.2 Å². The maximum atomic E-state index is 14.7. The van der Waals surface area contributed by atoms with E-state index in [4.69, 9.17) is 0 Å². The summed E-state index contributed by atoms with van der Waals surface area (Å²) in [7, 11) is 0. The van der Waals surface area contributed by atoms with E-state index in [9.17, 15) is 13.6 Å². The van der Waals surface area contributed by atoms with Crippen molar-refractivity contribution >= 4 is 5.91 Å². The molecular formula is C22H19F2N5O. The van der Waals surface area contributed by atoms with Crippen LogP contribution in [0.5, 0.6) is 0 Å². The van der Waals surface area contributed by atoms with Crippen LogP contribution in [0.25, 0.3) is 16.9 Å². The molecule has 2 aromatic carbocycles. The number of benzene rings is 2. The highest BCUT2D eigenvalue weighted by molar-refractivity contribution is 6.00. The number of amides is 1. The minimum atomic E-state index is -0.478. The van der Waals surface area contributed by atoms with Gasteiger partial charge in [-0.15, -0.1) is 0 Å². The Bertz CT molecular complexity index is 1210. The van der Waals surface area contributed by atoms with Gasteiger partial charge in [0.1, 0.15) is 17.5 Å². The van der Waals surface area contributed by atoms with Crippen molar-refractivity contribution in [3.8, 4) is 16.9 Å². The molecule has 6 nitrogen and oxygen atoms in total. The molecule has 8 heteroatoms. The second-order valence-electron chi connectivity index (χ2n) is 6.89. The smallest absolute Gasteiger partial charge is 0.255 e. The summed E-state index contributed by atoms with van der Waals surface area (Å²) in [4.78, 5) is 16.9. The van der Waals surface area contributed by atoms with Crippen LogP contribution < -0.4 is 5.32 Å². The van der Waals surface area contributed by atoms with Gasteiger partial charge in [0, 0.05) is 18.0 Å². The SMILES string of the molecule is Cc1nccn1-c1ccc(C(C)NC(=O)c2cn[nH]c2-c2ccccc2F)cc1F. The minimum absolute atomic E-state index is 0.207. The molecule has 0 radical (unpaired) electrons. The van der Waals surface area contributed by atoms with E-state index in [1.54, 1.807) is 61.1 Å². The molecule has 1 amide bonds. The number of hydrogen-bond donors (Lipinski definition) is 2. The topological polar surface area (TPSA) is 75.6 Å². The van der Waals surface area contributed by atoms with Crippen molar-refractivity contribution < 1.29 is 13.6 Å². The first-order chi connectivity index (χ1) is 14.5. The Morgan fingerprint density at radius 2 is 1.97 bits per heavy atom. The van der Waals surface area contributed by atoms with Crippen LogP contribution in [0.1, 0.15) is 34.7 Å². The first-order valence-corrected chi connectivity index (χ1v) is 9.34. The molecule has 0 fully saturated rings. The summed E-state index contributed by atoms with van der Waals surface area (Å²) in [6, 6.07) is 10.4. The lowest BCUT2D eigenvalue weighted by Crippen LogP contribution is -2.27. The fourth-order valence-corrected chi connectivity index (χ4v) is 3.31. The van der Waals surface area contributed by atoms with E-state index in [1.165, 1.54) is 18.3 Å². The Morgan fingerprint density at radius 1 is 1.17 bits per heavy atom. The van der Waals surface area contributed by atoms with Gasteiger partial charge in [-0.1, -0.05) is 18.2 Å². The molecule has 0 aliphatic carbocycles. The van der Waals surface area contributed by atoms with Gasteiger partial charge >= 0.3 is 0 Å². The molecule has 0 saturated heterocycles. The van der Waals surface area contributed by atoms with Crippen LogP contribution in [0.15, 0.2) is 61.1 Å². The zero-order valence-corrected chi connectivity index (χ0v) is 16.4. The van der Waals surface area contributed by atoms with Gasteiger partial charge in [0.15, 0.2) is 0 Å². The number of aryl methyl sites for hydroxylation is 1.